The number of hydrogen-bond donors (Lipinski definition) is 0. The molecule has 0 aromatic heterocycles. The minimum atomic E-state index is -0.298. The van der Waals surface area contributed by atoms with Gasteiger partial charge in [-0.15, -0.1) is 0 Å². The Bertz CT molecular complexity index is 1240. The van der Waals surface area contributed by atoms with Gasteiger partial charge in [0.2, 0.25) is 0 Å². The number of fused-ring (bicyclic) bond motifs is 3. The lowest BCUT2D eigenvalue weighted by Crippen LogP contribution is -2.44. The summed E-state index contributed by atoms with van der Waals surface area (Å²) in [4.78, 5) is 16.2. The third-order valence-corrected chi connectivity index (χ3v) is 7.75. The van der Waals surface area contributed by atoms with Gasteiger partial charge in [-0.3, -0.25) is 4.79 Å². The van der Waals surface area contributed by atoms with Crippen LogP contribution in [0.1, 0.15) is 42.7 Å². The Hall–Kier alpha value is -3.63. The highest BCUT2D eigenvalue weighted by molar-refractivity contribution is 5.95. The number of rotatable bonds is 5. The molecule has 2 aliphatic carbocycles. The molecule has 0 unspecified atom stereocenters. The second-order valence-electron chi connectivity index (χ2n) is 9.73. The molecule has 162 valence electrons. The minimum absolute atomic E-state index is 0.0508. The largest absolute Gasteiger partial charge is 0.353 e. The van der Waals surface area contributed by atoms with E-state index in [1.807, 2.05) is 30.3 Å². The van der Waals surface area contributed by atoms with E-state index in [2.05, 4.69) is 53.5 Å². The second-order valence-corrected chi connectivity index (χ2v) is 9.73. The highest BCUT2D eigenvalue weighted by Gasteiger charge is 2.57. The average Bonchev–Trinajstić information content (AvgIpc) is 3.78. The Morgan fingerprint density at radius 2 is 1.55 bits per heavy atom. The van der Waals surface area contributed by atoms with Crippen molar-refractivity contribution in [2.45, 2.75) is 43.7 Å². The third-order valence-electron chi connectivity index (χ3n) is 7.75. The van der Waals surface area contributed by atoms with E-state index in [0.717, 1.165) is 48.1 Å². The Morgan fingerprint density at radius 1 is 0.879 bits per heavy atom. The maximum Gasteiger partial charge on any atom is 0.158 e. The zero-order valence-electron chi connectivity index (χ0n) is 18.4. The number of carbonyl (C=O) groups excluding carboxylic acids is 1. The first-order valence-electron chi connectivity index (χ1n) is 11.9. The van der Waals surface area contributed by atoms with Crippen molar-refractivity contribution in [3.8, 4) is 12.1 Å². The summed E-state index contributed by atoms with van der Waals surface area (Å²) >= 11 is 0. The van der Waals surface area contributed by atoms with Crippen LogP contribution in [-0.4, -0.2) is 17.9 Å². The van der Waals surface area contributed by atoms with Crippen molar-refractivity contribution in [1.82, 2.24) is 0 Å². The zero-order chi connectivity index (χ0) is 22.5. The molecular weight excluding hydrogens is 406 g/mol. The van der Waals surface area contributed by atoms with Crippen molar-refractivity contribution in [3.05, 3.63) is 82.9 Å². The molecule has 2 aromatic rings. The standard InChI is InChI=1S/C29H25N3O/c30-16-22(17-31)25(20-10-11-20)27-24-15-14-18-6-4-5-9-23(18)32(24)28(29(33)21-12-13-21)26(27)19-7-2-1-3-8-19/h1-9,14-15,20-21,24,26-28H,10-13H2/t24-,26+,27+,28-/m0/s1. The number of nitriles is 2. The lowest BCUT2D eigenvalue weighted by molar-refractivity contribution is -0.121. The van der Waals surface area contributed by atoms with Gasteiger partial charge in [-0.05, 0) is 54.4 Å². The number of carbonyl (C=O) groups is 1. The van der Waals surface area contributed by atoms with Crippen LogP contribution in [0.5, 0.6) is 0 Å². The van der Waals surface area contributed by atoms with Gasteiger partial charge < -0.3 is 4.90 Å². The fourth-order valence-electron chi connectivity index (χ4n) is 6.09. The Balaban J connectivity index is 1.61. The molecule has 4 heteroatoms. The monoisotopic (exact) mass is 431 g/mol. The Labute approximate surface area is 194 Å². The lowest BCUT2D eigenvalue weighted by atomic mass is 9.73. The normalized spacial score (nSPS) is 27.2. The van der Waals surface area contributed by atoms with Crippen LogP contribution in [0.4, 0.5) is 5.69 Å². The molecule has 33 heavy (non-hydrogen) atoms. The summed E-state index contributed by atoms with van der Waals surface area (Å²) in [5.41, 5.74) is 4.54. The average molecular weight is 432 g/mol. The molecule has 2 heterocycles. The first kappa shape index (κ1) is 20.0. The molecule has 2 aromatic carbocycles. The molecule has 6 rings (SSSR count). The highest BCUT2D eigenvalue weighted by atomic mass is 16.1. The van der Waals surface area contributed by atoms with E-state index in [1.54, 1.807) is 0 Å². The van der Waals surface area contributed by atoms with E-state index in [0.29, 0.717) is 5.78 Å². The van der Waals surface area contributed by atoms with Crippen molar-refractivity contribution < 1.29 is 4.79 Å². The molecule has 0 radical (unpaired) electrons. The van der Waals surface area contributed by atoms with Crippen LogP contribution in [0.25, 0.3) is 6.08 Å². The van der Waals surface area contributed by atoms with Gasteiger partial charge in [0, 0.05) is 23.4 Å². The third kappa shape index (κ3) is 3.21. The molecule has 2 aliphatic heterocycles. The summed E-state index contributed by atoms with van der Waals surface area (Å²) in [5.74, 6) is 0.530. The lowest BCUT2D eigenvalue weighted by Gasteiger charge is -2.36. The summed E-state index contributed by atoms with van der Waals surface area (Å²) < 4.78 is 0. The maximum atomic E-state index is 13.9. The predicted molar refractivity (Wildman–Crippen MR) is 127 cm³/mol. The summed E-state index contributed by atoms with van der Waals surface area (Å²) in [6.45, 7) is 0. The molecule has 0 amide bonds. The fourth-order valence-corrected chi connectivity index (χ4v) is 6.09. The second kappa shape index (κ2) is 7.75. The van der Waals surface area contributed by atoms with Crippen LogP contribution in [0.15, 0.2) is 71.8 Å². The van der Waals surface area contributed by atoms with Gasteiger partial charge in [-0.25, -0.2) is 0 Å². The van der Waals surface area contributed by atoms with E-state index >= 15 is 0 Å². The number of hydrogen-bond acceptors (Lipinski definition) is 4. The first-order valence-corrected chi connectivity index (χ1v) is 11.9. The molecule has 0 bridgehead atoms. The smallest absolute Gasteiger partial charge is 0.158 e. The van der Waals surface area contributed by atoms with E-state index in [4.69, 9.17) is 0 Å². The van der Waals surface area contributed by atoms with Crippen LogP contribution in [-0.2, 0) is 4.79 Å². The summed E-state index contributed by atoms with van der Waals surface area (Å²) in [6.07, 6.45) is 8.30. The first-order chi connectivity index (χ1) is 16.2. The van der Waals surface area contributed by atoms with Crippen LogP contribution in [0.3, 0.4) is 0 Å². The molecule has 0 N–H and O–H groups in total. The van der Waals surface area contributed by atoms with E-state index in [9.17, 15) is 15.3 Å². The molecule has 1 saturated heterocycles. The Morgan fingerprint density at radius 3 is 2.21 bits per heavy atom. The van der Waals surface area contributed by atoms with Crippen molar-refractivity contribution in [2.24, 2.45) is 17.8 Å². The van der Waals surface area contributed by atoms with Gasteiger partial charge in [0.1, 0.15) is 17.7 Å². The number of Topliss-reactive ketones (excluding diaryl/α,β-unsaturated/α-hetero) is 1. The Kier molecular flexibility index (Phi) is 4.70. The van der Waals surface area contributed by atoms with Crippen LogP contribution >= 0.6 is 0 Å². The van der Waals surface area contributed by atoms with Crippen molar-refractivity contribution in [1.29, 1.82) is 10.5 Å². The highest BCUT2D eigenvalue weighted by Crippen LogP contribution is 2.57. The molecule has 4 atom stereocenters. The van der Waals surface area contributed by atoms with Crippen LogP contribution in [0, 0.1) is 40.4 Å². The van der Waals surface area contributed by atoms with Gasteiger partial charge in [0.25, 0.3) is 0 Å². The number of ketones is 1. The van der Waals surface area contributed by atoms with Gasteiger partial charge >= 0.3 is 0 Å². The number of anilines is 1. The molecule has 4 nitrogen and oxygen atoms in total. The van der Waals surface area contributed by atoms with Gasteiger partial charge in [-0.1, -0.05) is 60.7 Å². The van der Waals surface area contributed by atoms with Crippen LogP contribution < -0.4 is 4.90 Å². The molecule has 0 spiro atoms. The molecule has 4 aliphatic rings. The van der Waals surface area contributed by atoms with Gasteiger partial charge in [0.05, 0.1) is 12.1 Å². The van der Waals surface area contributed by atoms with Crippen molar-refractivity contribution in [2.75, 3.05) is 4.90 Å². The summed E-state index contributed by atoms with van der Waals surface area (Å²) in [6, 6.07) is 22.6. The number of para-hydroxylation sites is 1. The van der Waals surface area contributed by atoms with E-state index < -0.39 is 0 Å². The number of nitrogens with zero attached hydrogens (tertiary/aromatic N) is 3. The van der Waals surface area contributed by atoms with Crippen molar-refractivity contribution in [3.63, 3.8) is 0 Å². The van der Waals surface area contributed by atoms with Crippen LogP contribution in [0.2, 0.25) is 0 Å². The fraction of sp³-hybridized carbons (Fsp3) is 0.345. The topological polar surface area (TPSA) is 67.9 Å². The van der Waals surface area contributed by atoms with E-state index in [-0.39, 0.29) is 41.3 Å². The number of allylic oxidation sites excluding steroid dienone is 1. The van der Waals surface area contributed by atoms with Gasteiger partial charge in [-0.2, -0.15) is 10.5 Å². The van der Waals surface area contributed by atoms with Crippen molar-refractivity contribution >= 4 is 17.5 Å². The van der Waals surface area contributed by atoms with Gasteiger partial charge in [0.15, 0.2) is 5.78 Å². The quantitative estimate of drug-likeness (QED) is 0.594. The molecular formula is C29H25N3O. The number of benzene rings is 2. The SMILES string of the molecule is N#CC(C#N)=C(C1CC1)[C@@H]1[C@@H](c2ccccc2)[C@@H](C(=O)C2CC2)N2c3ccccc3C=C[C@@H]12. The molecule has 2 saturated carbocycles. The predicted octanol–water partition coefficient (Wildman–Crippen LogP) is 5.40. The summed E-state index contributed by atoms with van der Waals surface area (Å²) in [7, 11) is 0. The maximum absolute atomic E-state index is 13.9. The zero-order valence-corrected chi connectivity index (χ0v) is 18.4. The molecule has 3 fully saturated rings. The summed E-state index contributed by atoms with van der Waals surface area (Å²) in [5, 5.41) is 19.8. The van der Waals surface area contributed by atoms with E-state index in [1.165, 1.54) is 0 Å². The minimum Gasteiger partial charge on any atom is -0.353 e.